The molecule has 0 aliphatic carbocycles. The van der Waals surface area contributed by atoms with Gasteiger partial charge in [0.2, 0.25) is 5.78 Å². The van der Waals surface area contributed by atoms with Crippen LogP contribution in [0.5, 0.6) is 0 Å². The largest absolute Gasteiger partial charge is 0.454 e. The highest BCUT2D eigenvalue weighted by atomic mass is 16.5. The predicted octanol–water partition coefficient (Wildman–Crippen LogP) is 4.25. The molecule has 0 N–H and O–H groups in total. The minimum absolute atomic E-state index is 0.260. The van der Waals surface area contributed by atoms with Gasteiger partial charge in [0.05, 0.1) is 5.56 Å². The number of carbonyl (C=O) groups is 3. The number of hydrogen-bond donors (Lipinski definition) is 0. The second kappa shape index (κ2) is 8.05. The van der Waals surface area contributed by atoms with Gasteiger partial charge in [-0.25, -0.2) is 4.79 Å². The Morgan fingerprint density at radius 1 is 0.964 bits per heavy atom. The van der Waals surface area contributed by atoms with Gasteiger partial charge in [0.1, 0.15) is 6.29 Å². The number of hydrogen-bond acceptors (Lipinski definition) is 4. The minimum atomic E-state index is -0.599. The summed E-state index contributed by atoms with van der Waals surface area (Å²) in [6.45, 7) is 5.49. The first-order chi connectivity index (χ1) is 13.4. The highest BCUT2D eigenvalue weighted by Crippen LogP contribution is 2.22. The molecule has 0 spiro atoms. The van der Waals surface area contributed by atoms with Crippen LogP contribution in [-0.2, 0) is 4.74 Å². The molecule has 0 amide bonds. The quantitative estimate of drug-likeness (QED) is 0.367. The number of esters is 1. The van der Waals surface area contributed by atoms with Crippen LogP contribution >= 0.6 is 0 Å². The fourth-order valence-corrected chi connectivity index (χ4v) is 3.13. The number of Topliss-reactive ketones (excluding diaryl/α,β-unsaturated/α-hetero) is 1. The number of benzene rings is 2. The Kier molecular flexibility index (Phi) is 5.54. The van der Waals surface area contributed by atoms with Crippen LogP contribution in [0.1, 0.15) is 48.0 Å². The zero-order valence-corrected chi connectivity index (χ0v) is 16.1. The molecule has 0 bridgehead atoms. The molecule has 3 rings (SSSR count). The number of ether oxygens (including phenoxy) is 1. The average molecular weight is 375 g/mol. The van der Waals surface area contributed by atoms with Crippen LogP contribution in [0, 0.1) is 20.8 Å². The van der Waals surface area contributed by atoms with E-state index >= 15 is 0 Å². The zero-order valence-electron chi connectivity index (χ0n) is 16.1. The van der Waals surface area contributed by atoms with E-state index in [9.17, 15) is 14.4 Å². The number of nitrogens with zero attached hydrogens (tertiary/aromatic N) is 1. The van der Waals surface area contributed by atoms with Crippen molar-refractivity contribution in [2.75, 3.05) is 6.61 Å². The lowest BCUT2D eigenvalue weighted by molar-refractivity contribution is 0.0474. The predicted molar refractivity (Wildman–Crippen MR) is 106 cm³/mol. The molecule has 5 nitrogen and oxygen atoms in total. The molecular weight excluding hydrogens is 354 g/mol. The summed E-state index contributed by atoms with van der Waals surface area (Å²) in [7, 11) is 0. The van der Waals surface area contributed by atoms with Gasteiger partial charge in [-0.2, -0.15) is 0 Å². The third kappa shape index (κ3) is 3.93. The van der Waals surface area contributed by atoms with Crippen molar-refractivity contribution in [2.45, 2.75) is 20.8 Å². The van der Waals surface area contributed by atoms with Gasteiger partial charge in [-0.05, 0) is 51.1 Å². The van der Waals surface area contributed by atoms with Crippen molar-refractivity contribution in [1.82, 2.24) is 4.57 Å². The van der Waals surface area contributed by atoms with Crippen LogP contribution in [0.2, 0.25) is 0 Å². The molecule has 0 saturated carbocycles. The van der Waals surface area contributed by atoms with E-state index in [1.165, 1.54) is 24.3 Å². The monoisotopic (exact) mass is 375 g/mol. The fourth-order valence-electron chi connectivity index (χ4n) is 3.13. The molecule has 0 aliphatic rings. The first-order valence-electron chi connectivity index (χ1n) is 8.92. The second-order valence-corrected chi connectivity index (χ2v) is 6.69. The summed E-state index contributed by atoms with van der Waals surface area (Å²) in [6, 6.07) is 15.9. The maximum absolute atomic E-state index is 12.6. The van der Waals surface area contributed by atoms with Gasteiger partial charge in [0, 0.05) is 28.2 Å². The smallest absolute Gasteiger partial charge is 0.338 e. The first-order valence-corrected chi connectivity index (χ1v) is 8.92. The Labute approximate surface area is 163 Å². The molecule has 3 aromatic rings. The third-order valence-electron chi connectivity index (χ3n) is 4.64. The second-order valence-electron chi connectivity index (χ2n) is 6.69. The minimum Gasteiger partial charge on any atom is -0.454 e. The molecule has 28 heavy (non-hydrogen) atoms. The van der Waals surface area contributed by atoms with Gasteiger partial charge in [-0.3, -0.25) is 9.59 Å². The van der Waals surface area contributed by atoms with E-state index < -0.39 is 5.97 Å². The van der Waals surface area contributed by atoms with E-state index in [1.807, 2.05) is 55.7 Å². The first kappa shape index (κ1) is 19.3. The summed E-state index contributed by atoms with van der Waals surface area (Å²) in [6.07, 6.45) is 0.697. The van der Waals surface area contributed by atoms with Crippen molar-refractivity contribution >= 4 is 18.0 Å². The molecule has 0 fully saturated rings. The van der Waals surface area contributed by atoms with Crippen LogP contribution in [-0.4, -0.2) is 29.2 Å². The lowest BCUT2D eigenvalue weighted by Gasteiger charge is -2.10. The van der Waals surface area contributed by atoms with Gasteiger partial charge in [-0.1, -0.05) is 29.8 Å². The van der Waals surface area contributed by atoms with E-state index in [-0.39, 0.29) is 12.4 Å². The fraction of sp³-hybridized carbons (Fsp3) is 0.174. The van der Waals surface area contributed by atoms with Crippen molar-refractivity contribution in [3.8, 4) is 5.69 Å². The number of ketones is 1. The van der Waals surface area contributed by atoms with Gasteiger partial charge in [-0.15, -0.1) is 0 Å². The molecule has 0 saturated heterocycles. The lowest BCUT2D eigenvalue weighted by Crippen LogP contribution is -2.15. The number of aldehydes is 1. The summed E-state index contributed by atoms with van der Waals surface area (Å²) in [5.41, 5.74) is 5.17. The van der Waals surface area contributed by atoms with E-state index in [0.29, 0.717) is 23.0 Å². The van der Waals surface area contributed by atoms with E-state index in [0.717, 1.165) is 22.6 Å². The molecule has 5 heteroatoms. The standard InChI is InChI=1S/C23H21NO4/c1-15-4-10-20(11-5-15)24-16(2)12-21(17(24)3)22(26)14-28-23(27)19-8-6-18(13-25)7-9-19/h4-13H,14H2,1-3H3. The molecule has 142 valence electrons. The molecular formula is C23H21NO4. The third-order valence-corrected chi connectivity index (χ3v) is 4.64. The highest BCUT2D eigenvalue weighted by Gasteiger charge is 2.18. The van der Waals surface area contributed by atoms with Crippen LogP contribution in [0.25, 0.3) is 5.69 Å². The van der Waals surface area contributed by atoms with Crippen LogP contribution < -0.4 is 0 Å². The van der Waals surface area contributed by atoms with Crippen LogP contribution in [0.3, 0.4) is 0 Å². The van der Waals surface area contributed by atoms with Gasteiger partial charge >= 0.3 is 5.97 Å². The SMILES string of the molecule is Cc1ccc(-n2c(C)cc(C(=O)COC(=O)c3ccc(C=O)cc3)c2C)cc1. The summed E-state index contributed by atoms with van der Waals surface area (Å²) in [4.78, 5) is 35.4. The van der Waals surface area contributed by atoms with Crippen LogP contribution in [0.4, 0.5) is 0 Å². The zero-order chi connectivity index (χ0) is 20.3. The number of carbonyl (C=O) groups excluding carboxylic acids is 3. The maximum Gasteiger partial charge on any atom is 0.338 e. The molecule has 2 aromatic carbocycles. The Bertz CT molecular complexity index is 1030. The molecule has 0 unspecified atom stereocenters. The highest BCUT2D eigenvalue weighted by molar-refractivity contribution is 6.00. The van der Waals surface area contributed by atoms with E-state index in [4.69, 9.17) is 4.74 Å². The molecule has 0 radical (unpaired) electrons. The topological polar surface area (TPSA) is 65.4 Å². The number of rotatable bonds is 6. The van der Waals surface area contributed by atoms with Crippen molar-refractivity contribution in [3.63, 3.8) is 0 Å². The van der Waals surface area contributed by atoms with E-state index in [1.54, 1.807) is 0 Å². The molecule has 1 heterocycles. The van der Waals surface area contributed by atoms with Gasteiger partial charge in [0.15, 0.2) is 6.61 Å². The molecule has 0 aliphatic heterocycles. The van der Waals surface area contributed by atoms with Crippen molar-refractivity contribution in [2.24, 2.45) is 0 Å². The normalized spacial score (nSPS) is 10.5. The van der Waals surface area contributed by atoms with E-state index in [2.05, 4.69) is 0 Å². The molecule has 0 atom stereocenters. The Morgan fingerprint density at radius 3 is 2.21 bits per heavy atom. The number of aryl methyl sites for hydroxylation is 2. The Balaban J connectivity index is 1.74. The Hall–Kier alpha value is -3.47. The maximum atomic E-state index is 12.6. The summed E-state index contributed by atoms with van der Waals surface area (Å²) in [5.74, 6) is -0.859. The lowest BCUT2D eigenvalue weighted by atomic mass is 10.1. The van der Waals surface area contributed by atoms with Gasteiger partial charge < -0.3 is 9.30 Å². The summed E-state index contributed by atoms with van der Waals surface area (Å²) in [5, 5.41) is 0. The molecule has 1 aromatic heterocycles. The van der Waals surface area contributed by atoms with Gasteiger partial charge in [0.25, 0.3) is 0 Å². The summed E-state index contributed by atoms with van der Waals surface area (Å²) >= 11 is 0. The summed E-state index contributed by atoms with van der Waals surface area (Å²) < 4.78 is 7.16. The van der Waals surface area contributed by atoms with Crippen molar-refractivity contribution in [3.05, 3.63) is 88.2 Å². The van der Waals surface area contributed by atoms with Crippen LogP contribution in [0.15, 0.2) is 54.6 Å². The number of aromatic nitrogens is 1. The Morgan fingerprint density at radius 2 is 1.61 bits per heavy atom. The average Bonchev–Trinajstić information content (AvgIpc) is 3.01. The van der Waals surface area contributed by atoms with Crippen molar-refractivity contribution in [1.29, 1.82) is 0 Å². The van der Waals surface area contributed by atoms with Crippen molar-refractivity contribution < 1.29 is 19.1 Å².